The van der Waals surface area contributed by atoms with Gasteiger partial charge in [-0.1, -0.05) is 18.2 Å². The highest BCUT2D eigenvalue weighted by molar-refractivity contribution is 5.79. The number of hydrogen-bond acceptors (Lipinski definition) is 4. The number of benzene rings is 1. The first-order chi connectivity index (χ1) is 9.99. The Morgan fingerprint density at radius 1 is 1.33 bits per heavy atom. The van der Waals surface area contributed by atoms with Crippen molar-refractivity contribution in [2.45, 2.75) is 19.9 Å². The van der Waals surface area contributed by atoms with Gasteiger partial charge in [0.1, 0.15) is 11.7 Å². The van der Waals surface area contributed by atoms with Crippen molar-refractivity contribution in [1.82, 2.24) is 5.32 Å². The van der Waals surface area contributed by atoms with Gasteiger partial charge in [0.05, 0.1) is 19.3 Å². The van der Waals surface area contributed by atoms with Crippen LogP contribution in [0, 0.1) is 19.8 Å². The molecule has 0 spiro atoms. The smallest absolute Gasteiger partial charge is 0.311 e. The second-order valence-corrected chi connectivity index (χ2v) is 5.17. The molecule has 0 bridgehead atoms. The number of carboxylic acid groups (broad SMARTS) is 1. The Bertz CT molecular complexity index is 523. The molecule has 2 unspecified atom stereocenters. The fraction of sp³-hybridized carbons (Fsp3) is 0.467. The lowest BCUT2D eigenvalue weighted by molar-refractivity contribution is -0.142. The van der Waals surface area contributed by atoms with Gasteiger partial charge < -0.3 is 19.9 Å². The predicted molar refractivity (Wildman–Crippen MR) is 75.3 cm³/mol. The molecule has 1 aliphatic rings. The van der Waals surface area contributed by atoms with Crippen LogP contribution in [-0.2, 0) is 14.3 Å². The van der Waals surface area contributed by atoms with Crippen LogP contribution in [0.3, 0.4) is 0 Å². The summed E-state index contributed by atoms with van der Waals surface area (Å²) in [7, 11) is 0. The standard InChI is InChI=1S/C15H19NO5/c1-9-4-3-5-10(2)14(9)21-8-13(17)16-12-7-20-6-11(12)15(18)19/h3-5,11-12H,6-8H2,1-2H3,(H,16,17)(H,18,19). The number of nitrogens with one attached hydrogen (secondary N) is 1. The molecule has 21 heavy (non-hydrogen) atoms. The van der Waals surface area contributed by atoms with Gasteiger partial charge in [0.25, 0.3) is 5.91 Å². The van der Waals surface area contributed by atoms with Crippen molar-refractivity contribution in [1.29, 1.82) is 0 Å². The first-order valence-electron chi connectivity index (χ1n) is 6.78. The van der Waals surface area contributed by atoms with Gasteiger partial charge >= 0.3 is 5.97 Å². The summed E-state index contributed by atoms with van der Waals surface area (Å²) in [5.41, 5.74) is 1.91. The number of hydrogen-bond donors (Lipinski definition) is 2. The van der Waals surface area contributed by atoms with Crippen molar-refractivity contribution in [3.63, 3.8) is 0 Å². The molecule has 1 fully saturated rings. The van der Waals surface area contributed by atoms with E-state index in [2.05, 4.69) is 5.32 Å². The number of amides is 1. The molecule has 1 aromatic carbocycles. The van der Waals surface area contributed by atoms with E-state index in [-0.39, 0.29) is 25.7 Å². The first kappa shape index (κ1) is 15.3. The molecule has 1 heterocycles. The van der Waals surface area contributed by atoms with Crippen LogP contribution in [0.4, 0.5) is 0 Å². The maximum absolute atomic E-state index is 11.9. The van der Waals surface area contributed by atoms with E-state index in [1.54, 1.807) is 0 Å². The molecule has 1 aliphatic heterocycles. The van der Waals surface area contributed by atoms with Gasteiger partial charge in [-0.3, -0.25) is 9.59 Å². The third kappa shape index (κ3) is 3.72. The average molecular weight is 293 g/mol. The minimum atomic E-state index is -0.964. The number of para-hydroxylation sites is 1. The van der Waals surface area contributed by atoms with Gasteiger partial charge in [-0.2, -0.15) is 0 Å². The van der Waals surface area contributed by atoms with Gasteiger partial charge in [0, 0.05) is 0 Å². The van der Waals surface area contributed by atoms with Crippen LogP contribution >= 0.6 is 0 Å². The van der Waals surface area contributed by atoms with E-state index in [1.807, 2.05) is 32.0 Å². The van der Waals surface area contributed by atoms with E-state index in [4.69, 9.17) is 14.6 Å². The highest BCUT2D eigenvalue weighted by atomic mass is 16.5. The van der Waals surface area contributed by atoms with Gasteiger partial charge in [-0.25, -0.2) is 0 Å². The van der Waals surface area contributed by atoms with Gasteiger partial charge in [-0.05, 0) is 25.0 Å². The lowest BCUT2D eigenvalue weighted by atomic mass is 10.0. The molecule has 0 aliphatic carbocycles. The van der Waals surface area contributed by atoms with Crippen LogP contribution in [0.2, 0.25) is 0 Å². The molecule has 1 saturated heterocycles. The minimum Gasteiger partial charge on any atom is -0.483 e. The normalized spacial score (nSPS) is 21.0. The molecule has 6 heteroatoms. The minimum absolute atomic E-state index is 0.123. The third-order valence-electron chi connectivity index (χ3n) is 3.50. The summed E-state index contributed by atoms with van der Waals surface area (Å²) in [6, 6.07) is 5.23. The topological polar surface area (TPSA) is 84.9 Å². The Kier molecular flexibility index (Phi) is 4.80. The zero-order chi connectivity index (χ0) is 15.4. The summed E-state index contributed by atoms with van der Waals surface area (Å²) in [6.45, 7) is 4.01. The van der Waals surface area contributed by atoms with Crippen molar-refractivity contribution in [2.75, 3.05) is 19.8 Å². The fourth-order valence-electron chi connectivity index (χ4n) is 2.35. The molecule has 114 valence electrons. The third-order valence-corrected chi connectivity index (χ3v) is 3.50. The molecule has 0 radical (unpaired) electrons. The zero-order valence-electron chi connectivity index (χ0n) is 12.1. The highest BCUT2D eigenvalue weighted by Gasteiger charge is 2.35. The lowest BCUT2D eigenvalue weighted by Gasteiger charge is -2.17. The molecule has 2 rings (SSSR count). The van der Waals surface area contributed by atoms with Gasteiger partial charge in [0.2, 0.25) is 0 Å². The van der Waals surface area contributed by atoms with Crippen molar-refractivity contribution in [2.24, 2.45) is 5.92 Å². The van der Waals surface area contributed by atoms with E-state index in [0.29, 0.717) is 5.75 Å². The van der Waals surface area contributed by atoms with Crippen LogP contribution in [0.25, 0.3) is 0 Å². The Morgan fingerprint density at radius 2 is 2.00 bits per heavy atom. The number of ether oxygens (including phenoxy) is 2. The van der Waals surface area contributed by atoms with Gasteiger partial charge in [-0.15, -0.1) is 0 Å². The zero-order valence-corrected chi connectivity index (χ0v) is 12.1. The fourth-order valence-corrected chi connectivity index (χ4v) is 2.35. The van der Waals surface area contributed by atoms with Gasteiger partial charge in [0.15, 0.2) is 6.61 Å². The molecule has 1 amide bonds. The maximum Gasteiger partial charge on any atom is 0.311 e. The van der Waals surface area contributed by atoms with E-state index in [0.717, 1.165) is 11.1 Å². The number of rotatable bonds is 5. The first-order valence-corrected chi connectivity index (χ1v) is 6.78. The largest absolute Gasteiger partial charge is 0.483 e. The maximum atomic E-state index is 11.9. The molecule has 1 aromatic rings. The SMILES string of the molecule is Cc1cccc(C)c1OCC(=O)NC1COCC1C(=O)O. The van der Waals surface area contributed by atoms with E-state index < -0.39 is 17.9 Å². The van der Waals surface area contributed by atoms with Crippen LogP contribution in [-0.4, -0.2) is 42.8 Å². The van der Waals surface area contributed by atoms with Crippen LogP contribution in [0.15, 0.2) is 18.2 Å². The Balaban J connectivity index is 1.89. The van der Waals surface area contributed by atoms with Crippen LogP contribution < -0.4 is 10.1 Å². The molecular formula is C15H19NO5. The van der Waals surface area contributed by atoms with E-state index in [1.165, 1.54) is 0 Å². The van der Waals surface area contributed by atoms with Crippen molar-refractivity contribution in [3.8, 4) is 5.75 Å². The lowest BCUT2D eigenvalue weighted by Crippen LogP contribution is -2.44. The molecule has 2 N–H and O–H groups in total. The van der Waals surface area contributed by atoms with E-state index in [9.17, 15) is 9.59 Å². The Labute approximate surface area is 123 Å². The summed E-state index contributed by atoms with van der Waals surface area (Å²) >= 11 is 0. The quantitative estimate of drug-likeness (QED) is 0.842. The number of aliphatic carboxylic acids is 1. The number of carbonyl (C=O) groups excluding carboxylic acids is 1. The van der Waals surface area contributed by atoms with E-state index >= 15 is 0 Å². The van der Waals surface area contributed by atoms with Crippen LogP contribution in [0.1, 0.15) is 11.1 Å². The average Bonchev–Trinajstić information content (AvgIpc) is 2.86. The number of aryl methyl sites for hydroxylation is 2. The highest BCUT2D eigenvalue weighted by Crippen LogP contribution is 2.22. The molecule has 6 nitrogen and oxygen atoms in total. The second-order valence-electron chi connectivity index (χ2n) is 5.17. The monoisotopic (exact) mass is 293 g/mol. The van der Waals surface area contributed by atoms with Crippen LogP contribution in [0.5, 0.6) is 5.75 Å². The van der Waals surface area contributed by atoms with Crippen molar-refractivity contribution in [3.05, 3.63) is 29.3 Å². The van der Waals surface area contributed by atoms with Crippen molar-refractivity contribution < 1.29 is 24.2 Å². The molecular weight excluding hydrogens is 274 g/mol. The summed E-state index contributed by atoms with van der Waals surface area (Å²) in [4.78, 5) is 22.9. The molecule has 0 aromatic heterocycles. The summed E-state index contributed by atoms with van der Waals surface area (Å²) in [5, 5.41) is 11.7. The number of carboxylic acids is 1. The summed E-state index contributed by atoms with van der Waals surface area (Å²) < 4.78 is 10.6. The number of carbonyl (C=O) groups is 2. The molecule has 2 atom stereocenters. The Morgan fingerprint density at radius 3 is 2.62 bits per heavy atom. The molecule has 0 saturated carbocycles. The predicted octanol–water partition coefficient (Wildman–Crippen LogP) is 0.898. The Hall–Kier alpha value is -2.08. The summed E-state index contributed by atoms with van der Waals surface area (Å²) in [5.74, 6) is -1.33. The van der Waals surface area contributed by atoms with Crippen molar-refractivity contribution >= 4 is 11.9 Å². The summed E-state index contributed by atoms with van der Waals surface area (Å²) in [6.07, 6.45) is 0. The second kappa shape index (κ2) is 6.58.